The van der Waals surface area contributed by atoms with Gasteiger partial charge in [-0.3, -0.25) is 20.0 Å². The van der Waals surface area contributed by atoms with Crippen LogP contribution in [0.2, 0.25) is 0 Å². The highest BCUT2D eigenvalue weighted by Crippen LogP contribution is 2.15. The van der Waals surface area contributed by atoms with Crippen molar-refractivity contribution >= 4 is 23.6 Å². The molecule has 29 heavy (non-hydrogen) atoms. The molecule has 0 aromatic heterocycles. The number of para-hydroxylation sites is 1. The van der Waals surface area contributed by atoms with Gasteiger partial charge in [-0.1, -0.05) is 78.9 Å². The third-order valence-corrected chi connectivity index (χ3v) is 4.15. The van der Waals surface area contributed by atoms with Gasteiger partial charge >= 0.3 is 0 Å². The molecule has 5 nitrogen and oxygen atoms in total. The minimum absolute atomic E-state index is 0.178. The van der Waals surface area contributed by atoms with Gasteiger partial charge in [-0.15, -0.1) is 0 Å². The summed E-state index contributed by atoms with van der Waals surface area (Å²) in [4.78, 5) is 24.7. The SMILES string of the molecule is CC(=O)N/C(=C\c1ccccc1)C(=O)NN(Cc1ccccc1)c1ccccc1. The van der Waals surface area contributed by atoms with E-state index in [2.05, 4.69) is 10.7 Å². The average molecular weight is 385 g/mol. The molecule has 0 saturated heterocycles. The van der Waals surface area contributed by atoms with E-state index in [1.165, 1.54) is 6.92 Å². The van der Waals surface area contributed by atoms with Crippen molar-refractivity contribution in [2.24, 2.45) is 0 Å². The van der Waals surface area contributed by atoms with E-state index >= 15 is 0 Å². The predicted octanol–water partition coefficient (Wildman–Crippen LogP) is 3.90. The first-order valence-electron chi connectivity index (χ1n) is 9.33. The molecule has 0 aliphatic carbocycles. The molecule has 2 amide bonds. The fourth-order valence-electron chi connectivity index (χ4n) is 2.82. The normalized spacial score (nSPS) is 10.9. The lowest BCUT2D eigenvalue weighted by Gasteiger charge is -2.26. The fraction of sp³-hybridized carbons (Fsp3) is 0.0833. The number of rotatable bonds is 7. The Morgan fingerprint density at radius 2 is 1.38 bits per heavy atom. The lowest BCUT2D eigenvalue weighted by Crippen LogP contribution is -2.45. The number of nitrogens with zero attached hydrogens (tertiary/aromatic N) is 1. The molecular formula is C24H23N3O2. The summed E-state index contributed by atoms with van der Waals surface area (Å²) in [6.45, 7) is 1.86. The molecule has 0 aliphatic heterocycles. The molecule has 0 bridgehead atoms. The van der Waals surface area contributed by atoms with E-state index in [0.29, 0.717) is 6.54 Å². The molecule has 0 heterocycles. The van der Waals surface area contributed by atoms with Crippen LogP contribution in [-0.4, -0.2) is 11.8 Å². The lowest BCUT2D eigenvalue weighted by atomic mass is 10.2. The molecule has 0 radical (unpaired) electrons. The number of hydrazine groups is 1. The maximum Gasteiger partial charge on any atom is 0.286 e. The molecule has 3 aromatic carbocycles. The van der Waals surface area contributed by atoms with Gasteiger partial charge in [0.05, 0.1) is 12.2 Å². The maximum atomic E-state index is 13.0. The van der Waals surface area contributed by atoms with Crippen molar-refractivity contribution in [2.45, 2.75) is 13.5 Å². The summed E-state index contributed by atoms with van der Waals surface area (Å²) in [6, 6.07) is 28.8. The Labute approximate surface area is 170 Å². The second kappa shape index (κ2) is 9.90. The Bertz CT molecular complexity index is 971. The van der Waals surface area contributed by atoms with Crippen LogP contribution in [0.15, 0.2) is 96.7 Å². The van der Waals surface area contributed by atoms with Crippen molar-refractivity contribution in [3.63, 3.8) is 0 Å². The molecular weight excluding hydrogens is 362 g/mol. The Morgan fingerprint density at radius 3 is 1.97 bits per heavy atom. The van der Waals surface area contributed by atoms with Gasteiger partial charge in [-0.2, -0.15) is 0 Å². The van der Waals surface area contributed by atoms with E-state index < -0.39 is 5.91 Å². The largest absolute Gasteiger partial charge is 0.322 e. The number of hydrogen-bond donors (Lipinski definition) is 2. The highest BCUT2D eigenvalue weighted by molar-refractivity contribution is 6.01. The van der Waals surface area contributed by atoms with Crippen LogP contribution in [0.5, 0.6) is 0 Å². The van der Waals surface area contributed by atoms with Crippen molar-refractivity contribution in [2.75, 3.05) is 5.01 Å². The summed E-state index contributed by atoms with van der Waals surface area (Å²) in [6.07, 6.45) is 1.66. The molecule has 146 valence electrons. The number of carbonyl (C=O) groups excluding carboxylic acids is 2. The second-order valence-electron chi connectivity index (χ2n) is 6.50. The van der Waals surface area contributed by atoms with Crippen molar-refractivity contribution in [3.8, 4) is 0 Å². The number of hydrogen-bond acceptors (Lipinski definition) is 3. The van der Waals surface area contributed by atoms with Gasteiger partial charge in [0.25, 0.3) is 5.91 Å². The molecule has 2 N–H and O–H groups in total. The van der Waals surface area contributed by atoms with E-state index in [0.717, 1.165) is 16.8 Å². The van der Waals surface area contributed by atoms with Gasteiger partial charge in [0.15, 0.2) is 0 Å². The standard InChI is InChI=1S/C24H23N3O2/c1-19(28)25-23(17-20-11-5-2-6-12-20)24(29)26-27(22-15-9-4-10-16-22)18-21-13-7-3-8-14-21/h2-17H,18H2,1H3,(H,25,28)(H,26,29)/b23-17-. The first kappa shape index (κ1) is 19.9. The van der Waals surface area contributed by atoms with Gasteiger partial charge in [-0.25, -0.2) is 0 Å². The van der Waals surface area contributed by atoms with Crippen molar-refractivity contribution in [1.82, 2.24) is 10.7 Å². The summed E-state index contributed by atoms with van der Waals surface area (Å²) in [5.74, 6) is -0.708. The van der Waals surface area contributed by atoms with Crippen LogP contribution in [0.3, 0.4) is 0 Å². The van der Waals surface area contributed by atoms with E-state index in [4.69, 9.17) is 0 Å². The van der Waals surface area contributed by atoms with E-state index in [9.17, 15) is 9.59 Å². The van der Waals surface area contributed by atoms with Gasteiger partial charge in [0, 0.05) is 6.92 Å². The third-order valence-electron chi connectivity index (χ3n) is 4.15. The van der Waals surface area contributed by atoms with Crippen LogP contribution in [-0.2, 0) is 16.1 Å². The second-order valence-corrected chi connectivity index (χ2v) is 6.50. The van der Waals surface area contributed by atoms with Crippen molar-refractivity contribution < 1.29 is 9.59 Å². The van der Waals surface area contributed by atoms with E-state index in [-0.39, 0.29) is 11.6 Å². The average Bonchev–Trinajstić information content (AvgIpc) is 2.74. The van der Waals surface area contributed by atoms with Gasteiger partial charge in [-0.05, 0) is 29.3 Å². The van der Waals surface area contributed by atoms with E-state index in [1.807, 2.05) is 91.0 Å². The van der Waals surface area contributed by atoms with Crippen LogP contribution < -0.4 is 15.8 Å². The maximum absolute atomic E-state index is 13.0. The summed E-state index contributed by atoms with van der Waals surface area (Å²) >= 11 is 0. The van der Waals surface area contributed by atoms with Crippen LogP contribution in [0.1, 0.15) is 18.1 Å². The van der Waals surface area contributed by atoms with E-state index in [1.54, 1.807) is 11.1 Å². The molecule has 3 rings (SSSR count). The van der Waals surface area contributed by atoms with Crippen LogP contribution >= 0.6 is 0 Å². The summed E-state index contributed by atoms with van der Waals surface area (Å²) < 4.78 is 0. The van der Waals surface area contributed by atoms with Gasteiger partial charge < -0.3 is 5.32 Å². The molecule has 5 heteroatoms. The van der Waals surface area contributed by atoms with Crippen molar-refractivity contribution in [3.05, 3.63) is 108 Å². The zero-order valence-electron chi connectivity index (χ0n) is 16.2. The Morgan fingerprint density at radius 1 is 0.828 bits per heavy atom. The smallest absolute Gasteiger partial charge is 0.286 e. The van der Waals surface area contributed by atoms with Gasteiger partial charge in [0.2, 0.25) is 5.91 Å². The zero-order valence-corrected chi connectivity index (χ0v) is 16.2. The molecule has 0 aliphatic rings. The van der Waals surface area contributed by atoms with Crippen LogP contribution in [0.4, 0.5) is 5.69 Å². The number of amides is 2. The molecule has 0 atom stereocenters. The Balaban J connectivity index is 1.86. The topological polar surface area (TPSA) is 61.4 Å². The Hall–Kier alpha value is -3.86. The highest BCUT2D eigenvalue weighted by atomic mass is 16.2. The fourth-order valence-corrected chi connectivity index (χ4v) is 2.82. The molecule has 0 fully saturated rings. The van der Waals surface area contributed by atoms with Crippen LogP contribution in [0.25, 0.3) is 6.08 Å². The number of benzene rings is 3. The minimum Gasteiger partial charge on any atom is -0.322 e. The summed E-state index contributed by atoms with van der Waals surface area (Å²) in [5, 5.41) is 4.39. The lowest BCUT2D eigenvalue weighted by molar-refractivity contribution is -0.122. The predicted molar refractivity (Wildman–Crippen MR) is 115 cm³/mol. The molecule has 0 spiro atoms. The quantitative estimate of drug-likeness (QED) is 0.479. The number of carbonyl (C=O) groups is 2. The number of anilines is 1. The number of nitrogens with one attached hydrogen (secondary N) is 2. The third kappa shape index (κ3) is 6.07. The monoisotopic (exact) mass is 385 g/mol. The van der Waals surface area contributed by atoms with Gasteiger partial charge in [0.1, 0.15) is 5.70 Å². The zero-order chi connectivity index (χ0) is 20.5. The Kier molecular flexibility index (Phi) is 6.79. The van der Waals surface area contributed by atoms with Crippen molar-refractivity contribution in [1.29, 1.82) is 0 Å². The molecule has 0 unspecified atom stereocenters. The molecule has 0 saturated carbocycles. The summed E-state index contributed by atoms with van der Waals surface area (Å²) in [7, 11) is 0. The first-order chi connectivity index (χ1) is 14.1. The van der Waals surface area contributed by atoms with Crippen LogP contribution in [0, 0.1) is 0 Å². The highest BCUT2D eigenvalue weighted by Gasteiger charge is 2.16. The first-order valence-corrected chi connectivity index (χ1v) is 9.33. The summed E-state index contributed by atoms with van der Waals surface area (Å²) in [5.41, 5.74) is 5.80. The minimum atomic E-state index is -0.399. The molecule has 3 aromatic rings.